The first-order valence-electron chi connectivity index (χ1n) is 7.66. The molecule has 1 aromatic carbocycles. The molecule has 1 aliphatic heterocycles. The number of carboxylic acid groups (broad SMARTS) is 1. The zero-order valence-electron chi connectivity index (χ0n) is 13.3. The fraction of sp³-hybridized carbons (Fsp3) is 0.529. The van der Waals surface area contributed by atoms with Crippen LogP contribution in [0.5, 0.6) is 5.75 Å². The molecular formula is C17H23NO4. The number of amides is 1. The van der Waals surface area contributed by atoms with Crippen LogP contribution in [0.4, 0.5) is 0 Å². The first kappa shape index (κ1) is 16.3. The summed E-state index contributed by atoms with van der Waals surface area (Å²) in [4.78, 5) is 24.9. The number of carboxylic acids is 1. The number of benzene rings is 1. The average molecular weight is 305 g/mol. The molecule has 1 saturated heterocycles. The van der Waals surface area contributed by atoms with Crippen LogP contribution in [0.25, 0.3) is 0 Å². The summed E-state index contributed by atoms with van der Waals surface area (Å²) in [6.07, 6.45) is -0.105. The minimum absolute atomic E-state index is 0.154. The second-order valence-corrected chi connectivity index (χ2v) is 6.10. The predicted octanol–water partition coefficient (Wildman–Crippen LogP) is 2.51. The fourth-order valence-corrected chi connectivity index (χ4v) is 2.62. The lowest BCUT2D eigenvalue weighted by atomic mass is 10.0. The van der Waals surface area contributed by atoms with Gasteiger partial charge in [-0.3, -0.25) is 9.59 Å². The second-order valence-electron chi connectivity index (χ2n) is 6.10. The number of hydrogen-bond acceptors (Lipinski definition) is 3. The van der Waals surface area contributed by atoms with E-state index in [1.807, 2.05) is 24.3 Å². The molecule has 5 heteroatoms. The van der Waals surface area contributed by atoms with Gasteiger partial charge in [-0.15, -0.1) is 0 Å². The second kappa shape index (κ2) is 6.81. The van der Waals surface area contributed by atoms with E-state index >= 15 is 0 Å². The van der Waals surface area contributed by atoms with E-state index in [2.05, 4.69) is 13.8 Å². The number of aliphatic carboxylic acids is 1. The number of carbonyl (C=O) groups excluding carboxylic acids is 1. The maximum Gasteiger partial charge on any atom is 0.308 e. The van der Waals surface area contributed by atoms with Crippen LogP contribution in [-0.4, -0.2) is 41.1 Å². The van der Waals surface area contributed by atoms with Crippen LogP contribution in [-0.2, 0) is 9.59 Å². The summed E-state index contributed by atoms with van der Waals surface area (Å²) in [5.41, 5.74) is 1.16. The molecule has 1 N–H and O–H groups in total. The van der Waals surface area contributed by atoms with Crippen molar-refractivity contribution < 1.29 is 19.4 Å². The minimum Gasteiger partial charge on any atom is -0.481 e. The summed E-state index contributed by atoms with van der Waals surface area (Å²) < 4.78 is 5.74. The Labute approximate surface area is 130 Å². The molecule has 0 aromatic heterocycles. The van der Waals surface area contributed by atoms with E-state index in [0.717, 1.165) is 5.56 Å². The van der Waals surface area contributed by atoms with E-state index in [4.69, 9.17) is 9.84 Å². The van der Waals surface area contributed by atoms with Crippen molar-refractivity contribution in [3.05, 3.63) is 29.8 Å². The summed E-state index contributed by atoms with van der Waals surface area (Å²) in [6, 6.07) is 7.72. The Kier molecular flexibility index (Phi) is 5.06. The Balaban J connectivity index is 1.97. The number of ether oxygens (including phenoxy) is 1. The van der Waals surface area contributed by atoms with Crippen LogP contribution >= 0.6 is 0 Å². The molecule has 0 bridgehead atoms. The summed E-state index contributed by atoms with van der Waals surface area (Å²) in [5, 5.41) is 9.00. The van der Waals surface area contributed by atoms with Gasteiger partial charge in [-0.2, -0.15) is 0 Å². The molecule has 1 fully saturated rings. The Morgan fingerprint density at radius 2 is 2.05 bits per heavy atom. The highest BCUT2D eigenvalue weighted by atomic mass is 16.5. The maximum atomic E-state index is 12.3. The molecule has 1 aliphatic rings. The number of carbonyl (C=O) groups is 2. The van der Waals surface area contributed by atoms with Gasteiger partial charge in [0.25, 0.3) is 5.91 Å². The summed E-state index contributed by atoms with van der Waals surface area (Å²) in [5.74, 6) is -0.391. The molecule has 120 valence electrons. The van der Waals surface area contributed by atoms with Gasteiger partial charge < -0.3 is 14.7 Å². The SMILES string of the molecule is CC(Oc1cccc(C(C)C)c1)C(=O)N1CCC(C(=O)O)C1. The van der Waals surface area contributed by atoms with Crippen molar-refractivity contribution >= 4 is 11.9 Å². The highest BCUT2D eigenvalue weighted by Gasteiger charge is 2.33. The Bertz CT molecular complexity index is 555. The molecular weight excluding hydrogens is 282 g/mol. The smallest absolute Gasteiger partial charge is 0.308 e. The summed E-state index contributed by atoms with van der Waals surface area (Å²) in [7, 11) is 0. The molecule has 5 nitrogen and oxygen atoms in total. The van der Waals surface area contributed by atoms with Gasteiger partial charge in [0.1, 0.15) is 5.75 Å². The molecule has 22 heavy (non-hydrogen) atoms. The van der Waals surface area contributed by atoms with Gasteiger partial charge in [0, 0.05) is 13.1 Å². The van der Waals surface area contributed by atoms with Gasteiger partial charge in [-0.05, 0) is 37.0 Å². The molecule has 0 saturated carbocycles. The first-order chi connectivity index (χ1) is 10.4. The van der Waals surface area contributed by atoms with Gasteiger partial charge in [0.2, 0.25) is 0 Å². The quantitative estimate of drug-likeness (QED) is 0.907. The molecule has 2 unspecified atom stereocenters. The van der Waals surface area contributed by atoms with Crippen molar-refractivity contribution in [1.82, 2.24) is 4.90 Å². The monoisotopic (exact) mass is 305 g/mol. The molecule has 0 radical (unpaired) electrons. The Morgan fingerprint density at radius 3 is 2.64 bits per heavy atom. The number of likely N-dealkylation sites (tertiary alicyclic amines) is 1. The summed E-state index contributed by atoms with van der Waals surface area (Å²) in [6.45, 7) is 6.66. The van der Waals surface area contributed by atoms with Gasteiger partial charge in [0.15, 0.2) is 6.10 Å². The average Bonchev–Trinajstić information content (AvgIpc) is 2.96. The zero-order valence-corrected chi connectivity index (χ0v) is 13.3. The van der Waals surface area contributed by atoms with Crippen LogP contribution in [0.1, 0.15) is 38.7 Å². The molecule has 2 rings (SSSR count). The maximum absolute atomic E-state index is 12.3. The standard InChI is InChI=1S/C17H23NO4/c1-11(2)13-5-4-6-15(9-13)22-12(3)16(19)18-8-7-14(10-18)17(20)21/h4-6,9,11-12,14H,7-8,10H2,1-3H3,(H,20,21). The van der Waals surface area contributed by atoms with Crippen molar-refractivity contribution in [3.8, 4) is 5.75 Å². The predicted molar refractivity (Wildman–Crippen MR) is 82.9 cm³/mol. The van der Waals surface area contributed by atoms with Gasteiger partial charge in [0.05, 0.1) is 5.92 Å². The molecule has 2 atom stereocenters. The molecule has 1 aromatic rings. The lowest BCUT2D eigenvalue weighted by Crippen LogP contribution is -2.39. The normalized spacial score (nSPS) is 19.3. The van der Waals surface area contributed by atoms with Crippen molar-refractivity contribution in [2.45, 2.75) is 39.2 Å². The van der Waals surface area contributed by atoms with E-state index in [1.54, 1.807) is 11.8 Å². The van der Waals surface area contributed by atoms with Crippen molar-refractivity contribution in [2.24, 2.45) is 5.92 Å². The first-order valence-corrected chi connectivity index (χ1v) is 7.66. The van der Waals surface area contributed by atoms with Crippen LogP contribution < -0.4 is 4.74 Å². The highest BCUT2D eigenvalue weighted by Crippen LogP contribution is 2.22. The molecule has 0 spiro atoms. The van der Waals surface area contributed by atoms with Crippen LogP contribution in [0.3, 0.4) is 0 Å². The van der Waals surface area contributed by atoms with Crippen molar-refractivity contribution in [3.63, 3.8) is 0 Å². The third-order valence-corrected chi connectivity index (χ3v) is 4.03. The number of nitrogens with zero attached hydrogens (tertiary/aromatic N) is 1. The summed E-state index contributed by atoms with van der Waals surface area (Å²) >= 11 is 0. The van der Waals surface area contributed by atoms with Crippen LogP contribution in [0.15, 0.2) is 24.3 Å². The fourth-order valence-electron chi connectivity index (χ4n) is 2.62. The molecule has 1 heterocycles. The van der Waals surface area contributed by atoms with Crippen molar-refractivity contribution in [1.29, 1.82) is 0 Å². The number of rotatable bonds is 5. The van der Waals surface area contributed by atoms with E-state index in [-0.39, 0.29) is 12.5 Å². The third-order valence-electron chi connectivity index (χ3n) is 4.03. The number of hydrogen-bond donors (Lipinski definition) is 1. The van der Waals surface area contributed by atoms with Crippen LogP contribution in [0, 0.1) is 5.92 Å². The van der Waals surface area contributed by atoms with Crippen molar-refractivity contribution in [2.75, 3.05) is 13.1 Å². The molecule has 1 amide bonds. The third kappa shape index (κ3) is 3.78. The van der Waals surface area contributed by atoms with Gasteiger partial charge >= 0.3 is 5.97 Å². The lowest BCUT2D eigenvalue weighted by molar-refractivity contribution is -0.142. The van der Waals surface area contributed by atoms with Gasteiger partial charge in [-0.25, -0.2) is 0 Å². The van der Waals surface area contributed by atoms with E-state index < -0.39 is 18.0 Å². The van der Waals surface area contributed by atoms with E-state index in [1.165, 1.54) is 0 Å². The van der Waals surface area contributed by atoms with E-state index in [0.29, 0.717) is 24.6 Å². The minimum atomic E-state index is -0.839. The van der Waals surface area contributed by atoms with E-state index in [9.17, 15) is 9.59 Å². The lowest BCUT2D eigenvalue weighted by Gasteiger charge is -2.22. The Hall–Kier alpha value is -2.04. The Morgan fingerprint density at radius 1 is 1.32 bits per heavy atom. The highest BCUT2D eigenvalue weighted by molar-refractivity contribution is 5.82. The zero-order chi connectivity index (χ0) is 16.3. The topological polar surface area (TPSA) is 66.8 Å². The molecule has 0 aliphatic carbocycles. The van der Waals surface area contributed by atoms with Gasteiger partial charge in [-0.1, -0.05) is 26.0 Å². The largest absolute Gasteiger partial charge is 0.481 e. The van der Waals surface area contributed by atoms with Crippen LogP contribution in [0.2, 0.25) is 0 Å².